The summed E-state index contributed by atoms with van der Waals surface area (Å²) in [6.45, 7) is 4.53. The zero-order valence-electron chi connectivity index (χ0n) is 16.1. The van der Waals surface area contributed by atoms with Gasteiger partial charge in [0.05, 0.1) is 6.61 Å². The van der Waals surface area contributed by atoms with E-state index in [1.54, 1.807) is 30.3 Å². The van der Waals surface area contributed by atoms with Crippen molar-refractivity contribution in [3.8, 4) is 11.5 Å². The third-order valence-corrected chi connectivity index (χ3v) is 4.84. The fourth-order valence-electron chi connectivity index (χ4n) is 2.34. The van der Waals surface area contributed by atoms with Crippen LogP contribution in [0.5, 0.6) is 11.5 Å². The topological polar surface area (TPSA) is 76.7 Å². The smallest absolute Gasteiger partial charge is 0.276 e. The Labute approximate surface area is 173 Å². The van der Waals surface area contributed by atoms with E-state index in [4.69, 9.17) is 9.47 Å². The van der Waals surface area contributed by atoms with Crippen molar-refractivity contribution < 1.29 is 19.1 Å². The summed E-state index contributed by atoms with van der Waals surface area (Å²) in [7, 11) is 0. The van der Waals surface area contributed by atoms with Crippen LogP contribution < -0.4 is 20.3 Å². The van der Waals surface area contributed by atoms with Crippen LogP contribution in [0.3, 0.4) is 0 Å². The van der Waals surface area contributed by atoms with Gasteiger partial charge in [0.15, 0.2) is 6.61 Å². The number of carbonyl (C=O) groups is 2. The number of rotatable bonds is 9. The molecule has 0 saturated heterocycles. The Morgan fingerprint density at radius 1 is 0.964 bits per heavy atom. The summed E-state index contributed by atoms with van der Waals surface area (Å²) in [6.07, 6.45) is 3.28. The summed E-state index contributed by atoms with van der Waals surface area (Å²) in [5.41, 5.74) is 6.13. The standard InChI is InChI=1S/C21H25BrN2O4/c1-3-4-5-12-27-17-8-6-16(7-9-17)21(26)24-23-20(25)14-28-18-10-11-19(22)15(2)13-18/h6-11,13H,3-5,12,14H2,1-2H3,(H,23,25)(H,24,26). The van der Waals surface area contributed by atoms with Crippen LogP contribution in [0.15, 0.2) is 46.9 Å². The fourth-order valence-corrected chi connectivity index (χ4v) is 2.58. The molecule has 2 rings (SSSR count). The molecule has 0 atom stereocenters. The number of nitrogens with one attached hydrogen (secondary N) is 2. The minimum Gasteiger partial charge on any atom is -0.494 e. The summed E-state index contributed by atoms with van der Waals surface area (Å²) in [6, 6.07) is 12.2. The number of hydrazine groups is 1. The second kappa shape index (κ2) is 11.3. The van der Waals surface area contributed by atoms with E-state index in [-0.39, 0.29) is 6.61 Å². The average molecular weight is 449 g/mol. The van der Waals surface area contributed by atoms with Crippen LogP contribution in [0.4, 0.5) is 0 Å². The van der Waals surface area contributed by atoms with Gasteiger partial charge in [-0.05, 0) is 61.4 Å². The minimum atomic E-state index is -0.454. The maximum absolute atomic E-state index is 12.1. The van der Waals surface area contributed by atoms with Gasteiger partial charge in [-0.3, -0.25) is 20.4 Å². The van der Waals surface area contributed by atoms with Gasteiger partial charge in [0, 0.05) is 10.0 Å². The number of benzene rings is 2. The maximum atomic E-state index is 12.1. The predicted octanol–water partition coefficient (Wildman–Crippen LogP) is 4.17. The van der Waals surface area contributed by atoms with E-state index in [9.17, 15) is 9.59 Å². The summed E-state index contributed by atoms with van der Waals surface area (Å²) in [5.74, 6) is 0.432. The highest BCUT2D eigenvalue weighted by Crippen LogP contribution is 2.21. The largest absolute Gasteiger partial charge is 0.494 e. The highest BCUT2D eigenvalue weighted by atomic mass is 79.9. The summed E-state index contributed by atoms with van der Waals surface area (Å²) in [5, 5.41) is 0. The lowest BCUT2D eigenvalue weighted by molar-refractivity contribution is -0.123. The van der Waals surface area contributed by atoms with E-state index in [2.05, 4.69) is 33.7 Å². The first-order valence-electron chi connectivity index (χ1n) is 9.20. The van der Waals surface area contributed by atoms with Crippen LogP contribution in [-0.2, 0) is 4.79 Å². The first kappa shape index (κ1) is 21.8. The second-order valence-electron chi connectivity index (χ2n) is 6.28. The van der Waals surface area contributed by atoms with Gasteiger partial charge in [-0.25, -0.2) is 0 Å². The number of hydrogen-bond acceptors (Lipinski definition) is 4. The van der Waals surface area contributed by atoms with Crippen molar-refractivity contribution in [1.29, 1.82) is 0 Å². The Balaban J connectivity index is 1.73. The molecule has 6 nitrogen and oxygen atoms in total. The zero-order valence-corrected chi connectivity index (χ0v) is 17.7. The van der Waals surface area contributed by atoms with Gasteiger partial charge in [0.25, 0.3) is 11.8 Å². The lowest BCUT2D eigenvalue weighted by Gasteiger charge is -2.10. The van der Waals surface area contributed by atoms with E-state index in [0.717, 1.165) is 35.0 Å². The quantitative estimate of drug-likeness (QED) is 0.445. The van der Waals surface area contributed by atoms with E-state index < -0.39 is 11.8 Å². The molecule has 150 valence electrons. The lowest BCUT2D eigenvalue weighted by Crippen LogP contribution is -2.43. The molecule has 0 bridgehead atoms. The van der Waals surface area contributed by atoms with E-state index >= 15 is 0 Å². The van der Waals surface area contributed by atoms with Crippen LogP contribution in [0.25, 0.3) is 0 Å². The van der Waals surface area contributed by atoms with E-state index in [1.807, 2.05) is 19.1 Å². The maximum Gasteiger partial charge on any atom is 0.276 e. The Morgan fingerprint density at radius 3 is 2.36 bits per heavy atom. The average Bonchev–Trinajstić information content (AvgIpc) is 2.70. The number of amides is 2. The molecule has 0 spiro atoms. The first-order valence-corrected chi connectivity index (χ1v) is 10.00. The molecule has 0 unspecified atom stereocenters. The van der Waals surface area contributed by atoms with Crippen molar-refractivity contribution in [1.82, 2.24) is 10.9 Å². The molecule has 28 heavy (non-hydrogen) atoms. The molecule has 0 aliphatic carbocycles. The Bertz CT molecular complexity index is 793. The van der Waals surface area contributed by atoms with Gasteiger partial charge in [-0.15, -0.1) is 0 Å². The highest BCUT2D eigenvalue weighted by molar-refractivity contribution is 9.10. The predicted molar refractivity (Wildman–Crippen MR) is 111 cm³/mol. The van der Waals surface area contributed by atoms with Crippen LogP contribution in [-0.4, -0.2) is 25.0 Å². The molecular weight excluding hydrogens is 424 g/mol. The normalized spacial score (nSPS) is 10.2. The van der Waals surface area contributed by atoms with E-state index in [1.165, 1.54) is 0 Å². The Kier molecular flexibility index (Phi) is 8.81. The molecule has 2 aromatic carbocycles. The van der Waals surface area contributed by atoms with Gasteiger partial charge >= 0.3 is 0 Å². The van der Waals surface area contributed by atoms with Gasteiger partial charge in [0.2, 0.25) is 0 Å². The molecule has 0 aromatic heterocycles. The molecule has 0 radical (unpaired) electrons. The number of unbranched alkanes of at least 4 members (excludes halogenated alkanes) is 2. The molecule has 0 fully saturated rings. The molecule has 2 aromatic rings. The molecule has 0 aliphatic heterocycles. The van der Waals surface area contributed by atoms with Crippen LogP contribution in [0.2, 0.25) is 0 Å². The SMILES string of the molecule is CCCCCOc1ccc(C(=O)NNC(=O)COc2ccc(Br)c(C)c2)cc1. The molecule has 0 heterocycles. The van der Waals surface area contributed by atoms with Gasteiger partial charge < -0.3 is 9.47 Å². The minimum absolute atomic E-state index is 0.202. The number of aryl methyl sites for hydroxylation is 1. The number of hydrogen-bond donors (Lipinski definition) is 2. The van der Waals surface area contributed by atoms with Gasteiger partial charge in [0.1, 0.15) is 11.5 Å². The molecule has 0 aliphatic rings. The number of carbonyl (C=O) groups excluding carboxylic acids is 2. The second-order valence-corrected chi connectivity index (χ2v) is 7.14. The van der Waals surface area contributed by atoms with Crippen LogP contribution in [0, 0.1) is 6.92 Å². The van der Waals surface area contributed by atoms with Crippen LogP contribution >= 0.6 is 15.9 Å². The number of ether oxygens (including phenoxy) is 2. The van der Waals surface area contributed by atoms with Crippen molar-refractivity contribution in [2.45, 2.75) is 33.1 Å². The molecule has 2 N–H and O–H groups in total. The zero-order chi connectivity index (χ0) is 20.4. The van der Waals surface area contributed by atoms with Crippen molar-refractivity contribution in [2.75, 3.05) is 13.2 Å². The molecular formula is C21H25BrN2O4. The fraction of sp³-hybridized carbons (Fsp3) is 0.333. The Morgan fingerprint density at radius 2 is 1.68 bits per heavy atom. The van der Waals surface area contributed by atoms with Gasteiger partial charge in [-0.2, -0.15) is 0 Å². The summed E-state index contributed by atoms with van der Waals surface area (Å²) < 4.78 is 12.0. The van der Waals surface area contributed by atoms with Crippen molar-refractivity contribution in [3.05, 3.63) is 58.1 Å². The van der Waals surface area contributed by atoms with E-state index in [0.29, 0.717) is 17.9 Å². The van der Waals surface area contributed by atoms with Gasteiger partial charge in [-0.1, -0.05) is 35.7 Å². The number of halogens is 1. The summed E-state index contributed by atoms with van der Waals surface area (Å²) in [4.78, 5) is 24.0. The van der Waals surface area contributed by atoms with Crippen molar-refractivity contribution >= 4 is 27.7 Å². The third kappa shape index (κ3) is 7.23. The van der Waals surface area contributed by atoms with Crippen LogP contribution in [0.1, 0.15) is 42.1 Å². The summed E-state index contributed by atoms with van der Waals surface area (Å²) >= 11 is 3.41. The Hall–Kier alpha value is -2.54. The third-order valence-electron chi connectivity index (χ3n) is 3.95. The first-order chi connectivity index (χ1) is 13.5. The monoisotopic (exact) mass is 448 g/mol. The van der Waals surface area contributed by atoms with Crippen molar-refractivity contribution in [2.24, 2.45) is 0 Å². The lowest BCUT2D eigenvalue weighted by atomic mass is 10.2. The molecule has 7 heteroatoms. The highest BCUT2D eigenvalue weighted by Gasteiger charge is 2.09. The molecule has 0 saturated carbocycles. The molecule has 2 amide bonds. The van der Waals surface area contributed by atoms with Crippen molar-refractivity contribution in [3.63, 3.8) is 0 Å².